The van der Waals surface area contributed by atoms with Crippen molar-refractivity contribution < 1.29 is 13.9 Å². The summed E-state index contributed by atoms with van der Waals surface area (Å²) in [6, 6.07) is 10.4. The summed E-state index contributed by atoms with van der Waals surface area (Å²) in [5.41, 5.74) is 1.41. The van der Waals surface area contributed by atoms with Crippen molar-refractivity contribution in [1.82, 2.24) is 0 Å². The van der Waals surface area contributed by atoms with Gasteiger partial charge in [0.1, 0.15) is 5.82 Å². The maximum Gasteiger partial charge on any atom is 0.160 e. The Kier molecular flexibility index (Phi) is 5.48. The average Bonchev–Trinajstić information content (AvgIpc) is 2.46. The number of ether oxygens (including phenoxy) is 2. The summed E-state index contributed by atoms with van der Waals surface area (Å²) >= 11 is 9.72. The Balaban J connectivity index is 2.25. The topological polar surface area (TPSA) is 18.5 Å². The number of methoxy groups -OCH3 is 2. The van der Waals surface area contributed by atoms with Gasteiger partial charge in [0.15, 0.2) is 11.5 Å². The van der Waals surface area contributed by atoms with E-state index in [1.165, 1.54) is 6.07 Å². The molecule has 0 amide bonds. The van der Waals surface area contributed by atoms with Crippen LogP contribution in [0.1, 0.15) is 16.5 Å². The van der Waals surface area contributed by atoms with Crippen molar-refractivity contribution in [2.45, 2.75) is 11.8 Å². The van der Waals surface area contributed by atoms with Gasteiger partial charge in [-0.1, -0.05) is 28.1 Å². The highest BCUT2D eigenvalue weighted by Gasteiger charge is 2.17. The van der Waals surface area contributed by atoms with Gasteiger partial charge in [-0.2, -0.15) is 0 Å². The fraction of sp³-hybridized carbons (Fsp3) is 0.250. The Hall–Kier alpha value is -1.26. The summed E-state index contributed by atoms with van der Waals surface area (Å²) in [5.74, 6) is 0.968. The zero-order chi connectivity index (χ0) is 15.4. The average molecular weight is 374 g/mol. The highest BCUT2D eigenvalue weighted by atomic mass is 79.9. The fourth-order valence-corrected chi connectivity index (χ4v) is 3.28. The zero-order valence-electron chi connectivity index (χ0n) is 11.7. The molecule has 0 aromatic heterocycles. The van der Waals surface area contributed by atoms with Crippen LogP contribution >= 0.6 is 27.5 Å². The van der Waals surface area contributed by atoms with Crippen molar-refractivity contribution in [3.05, 3.63) is 57.8 Å². The summed E-state index contributed by atoms with van der Waals surface area (Å²) < 4.78 is 25.0. The second-order valence-corrected chi connectivity index (χ2v) is 5.88. The van der Waals surface area contributed by atoms with Gasteiger partial charge in [-0.25, -0.2) is 4.39 Å². The van der Waals surface area contributed by atoms with E-state index in [9.17, 15) is 4.39 Å². The predicted octanol–water partition coefficient (Wildman–Crippen LogP) is 5.13. The number of rotatable bonds is 5. The van der Waals surface area contributed by atoms with Crippen molar-refractivity contribution in [2.24, 2.45) is 0 Å². The van der Waals surface area contributed by atoms with Gasteiger partial charge in [-0.05, 0) is 36.2 Å². The lowest BCUT2D eigenvalue weighted by Gasteiger charge is -2.14. The predicted molar refractivity (Wildman–Crippen MR) is 85.9 cm³/mol. The van der Waals surface area contributed by atoms with Crippen LogP contribution in [0.2, 0.25) is 0 Å². The molecule has 21 heavy (non-hydrogen) atoms. The molecule has 0 saturated carbocycles. The molecule has 0 heterocycles. The van der Waals surface area contributed by atoms with E-state index in [2.05, 4.69) is 15.9 Å². The van der Waals surface area contributed by atoms with E-state index >= 15 is 0 Å². The standard InChI is InChI=1S/C16H15BrClFO2/c1-20-14-7-6-10(9-15(14)21-2)8-12(18)16-11(17)4-3-5-13(16)19/h3-7,9,12H,8H2,1-2H3. The van der Waals surface area contributed by atoms with Gasteiger partial charge in [0, 0.05) is 10.0 Å². The largest absolute Gasteiger partial charge is 0.493 e. The Labute approximate surface area is 137 Å². The second-order valence-electron chi connectivity index (χ2n) is 4.50. The van der Waals surface area contributed by atoms with Crippen molar-refractivity contribution in [3.8, 4) is 11.5 Å². The van der Waals surface area contributed by atoms with Crippen molar-refractivity contribution in [1.29, 1.82) is 0 Å². The molecule has 0 fully saturated rings. The first kappa shape index (κ1) is 16.1. The van der Waals surface area contributed by atoms with E-state index in [4.69, 9.17) is 21.1 Å². The van der Waals surface area contributed by atoms with Gasteiger partial charge in [0.05, 0.1) is 19.6 Å². The summed E-state index contributed by atoms with van der Waals surface area (Å²) in [5, 5.41) is -0.473. The van der Waals surface area contributed by atoms with Gasteiger partial charge >= 0.3 is 0 Å². The quantitative estimate of drug-likeness (QED) is 0.677. The number of hydrogen-bond donors (Lipinski definition) is 0. The molecule has 112 valence electrons. The molecule has 2 aromatic rings. The molecule has 1 atom stereocenters. The van der Waals surface area contributed by atoms with Crippen LogP contribution < -0.4 is 9.47 Å². The van der Waals surface area contributed by atoms with Crippen molar-refractivity contribution in [3.63, 3.8) is 0 Å². The molecule has 0 N–H and O–H groups in total. The van der Waals surface area contributed by atoms with E-state index in [0.717, 1.165) is 5.56 Å². The van der Waals surface area contributed by atoms with E-state index in [0.29, 0.717) is 28.0 Å². The molecule has 2 rings (SSSR count). The molecule has 0 radical (unpaired) electrons. The fourth-order valence-electron chi connectivity index (χ4n) is 2.13. The maximum absolute atomic E-state index is 13.9. The lowest BCUT2D eigenvalue weighted by molar-refractivity contribution is 0.354. The van der Waals surface area contributed by atoms with E-state index in [1.54, 1.807) is 26.4 Å². The third-order valence-electron chi connectivity index (χ3n) is 3.18. The second kappa shape index (κ2) is 7.14. The van der Waals surface area contributed by atoms with Crippen molar-refractivity contribution >= 4 is 27.5 Å². The highest BCUT2D eigenvalue weighted by Crippen LogP contribution is 2.35. The van der Waals surface area contributed by atoms with Gasteiger partial charge in [-0.3, -0.25) is 0 Å². The Morgan fingerprint density at radius 3 is 2.48 bits per heavy atom. The Morgan fingerprint density at radius 2 is 1.86 bits per heavy atom. The van der Waals surface area contributed by atoms with Crippen LogP contribution in [0.15, 0.2) is 40.9 Å². The number of hydrogen-bond acceptors (Lipinski definition) is 2. The van der Waals surface area contributed by atoms with Crippen molar-refractivity contribution in [2.75, 3.05) is 14.2 Å². The minimum Gasteiger partial charge on any atom is -0.493 e. The maximum atomic E-state index is 13.9. The van der Waals surface area contributed by atoms with Crippen LogP contribution in [0, 0.1) is 5.82 Å². The molecular weight excluding hydrogens is 359 g/mol. The molecule has 0 aliphatic carbocycles. The third-order valence-corrected chi connectivity index (χ3v) is 4.24. The molecule has 0 saturated heterocycles. The molecule has 0 aliphatic heterocycles. The zero-order valence-corrected chi connectivity index (χ0v) is 14.0. The first-order chi connectivity index (χ1) is 10.1. The lowest BCUT2D eigenvalue weighted by atomic mass is 10.0. The molecule has 5 heteroatoms. The first-order valence-corrected chi connectivity index (χ1v) is 7.58. The van der Waals surface area contributed by atoms with Crippen LogP contribution in [0.5, 0.6) is 11.5 Å². The molecule has 2 nitrogen and oxygen atoms in total. The molecule has 2 aromatic carbocycles. The van der Waals surface area contributed by atoms with Gasteiger partial charge in [0.2, 0.25) is 0 Å². The lowest BCUT2D eigenvalue weighted by Crippen LogP contribution is -2.01. The molecule has 1 unspecified atom stereocenters. The minimum atomic E-state index is -0.473. The Morgan fingerprint density at radius 1 is 1.14 bits per heavy atom. The minimum absolute atomic E-state index is 0.315. The summed E-state index contributed by atoms with van der Waals surface area (Å²) in [6.45, 7) is 0. The van der Waals surface area contributed by atoms with Crippen LogP contribution in [-0.4, -0.2) is 14.2 Å². The van der Waals surface area contributed by atoms with Gasteiger partial charge < -0.3 is 9.47 Å². The first-order valence-electron chi connectivity index (χ1n) is 6.35. The number of benzene rings is 2. The summed E-state index contributed by atoms with van der Waals surface area (Å²) in [6.07, 6.45) is 0.488. The third kappa shape index (κ3) is 3.69. The van der Waals surface area contributed by atoms with Crippen LogP contribution in [-0.2, 0) is 6.42 Å². The van der Waals surface area contributed by atoms with Gasteiger partial charge in [-0.15, -0.1) is 11.6 Å². The highest BCUT2D eigenvalue weighted by molar-refractivity contribution is 9.10. The molecule has 0 aliphatic rings. The molecule has 0 spiro atoms. The van der Waals surface area contributed by atoms with E-state index in [1.807, 2.05) is 18.2 Å². The Bertz CT molecular complexity index is 613. The van der Waals surface area contributed by atoms with Crippen LogP contribution in [0.4, 0.5) is 4.39 Å². The monoisotopic (exact) mass is 372 g/mol. The number of halogens is 3. The number of alkyl halides is 1. The van der Waals surface area contributed by atoms with E-state index in [-0.39, 0.29) is 5.82 Å². The smallest absolute Gasteiger partial charge is 0.160 e. The normalized spacial score (nSPS) is 12.0. The van der Waals surface area contributed by atoms with E-state index < -0.39 is 5.38 Å². The van der Waals surface area contributed by atoms with Crippen LogP contribution in [0.25, 0.3) is 0 Å². The SMILES string of the molecule is COc1ccc(CC(Cl)c2c(F)cccc2Br)cc1OC. The molecule has 0 bridgehead atoms. The summed E-state index contributed by atoms with van der Waals surface area (Å²) in [4.78, 5) is 0. The summed E-state index contributed by atoms with van der Waals surface area (Å²) in [7, 11) is 3.16. The van der Waals surface area contributed by atoms with Crippen LogP contribution in [0.3, 0.4) is 0 Å². The van der Waals surface area contributed by atoms with Gasteiger partial charge in [0.25, 0.3) is 0 Å². The molecular formula is C16H15BrClFO2.